The molecule has 0 saturated heterocycles. The van der Waals surface area contributed by atoms with Crippen molar-refractivity contribution >= 4 is 25.4 Å². The van der Waals surface area contributed by atoms with Gasteiger partial charge in [-0.2, -0.15) is 0 Å². The summed E-state index contributed by atoms with van der Waals surface area (Å²) < 4.78 is 17.2. The highest BCUT2D eigenvalue weighted by Gasteiger charge is 2.40. The second kappa shape index (κ2) is 7.29. The van der Waals surface area contributed by atoms with E-state index in [-0.39, 0.29) is 23.5 Å². The Morgan fingerprint density at radius 2 is 2.00 bits per heavy atom. The molecule has 1 heterocycles. The predicted molar refractivity (Wildman–Crippen MR) is 101 cm³/mol. The molecule has 6 heteroatoms. The number of hydrogen-bond donors (Lipinski definition) is 0. The van der Waals surface area contributed by atoms with Crippen molar-refractivity contribution in [2.24, 2.45) is 0 Å². The summed E-state index contributed by atoms with van der Waals surface area (Å²) >= 11 is 0. The topological polar surface area (TPSA) is 61.6 Å². The summed E-state index contributed by atoms with van der Waals surface area (Å²) in [6, 6.07) is 5.78. The fraction of sp³-hybridized carbons (Fsp3) is 0.579. The molecule has 0 bridgehead atoms. The third kappa shape index (κ3) is 4.70. The lowest BCUT2D eigenvalue weighted by molar-refractivity contribution is -0.145. The third-order valence-electron chi connectivity index (χ3n) is 4.79. The van der Waals surface area contributed by atoms with Crippen LogP contribution in [0, 0.1) is 6.92 Å². The molecule has 0 amide bonds. The molecule has 0 radical (unpaired) electrons. The minimum absolute atomic E-state index is 0.0501. The molecule has 25 heavy (non-hydrogen) atoms. The summed E-state index contributed by atoms with van der Waals surface area (Å²) in [6.07, 6.45) is -0.149. The summed E-state index contributed by atoms with van der Waals surface area (Å²) in [5, 5.41) is 0.0501. The summed E-state index contributed by atoms with van der Waals surface area (Å²) in [7, 11) is -2.05. The number of aryl methyl sites for hydroxylation is 1. The van der Waals surface area contributed by atoms with Crippen LogP contribution in [0.25, 0.3) is 11.1 Å². The van der Waals surface area contributed by atoms with Crippen LogP contribution in [0.2, 0.25) is 18.1 Å². The smallest absolute Gasteiger partial charge is 0.308 e. The van der Waals surface area contributed by atoms with Gasteiger partial charge >= 0.3 is 5.97 Å². The Balaban J connectivity index is 2.36. The second-order valence-electron chi connectivity index (χ2n) is 7.84. The van der Waals surface area contributed by atoms with E-state index in [1.165, 1.54) is 0 Å². The maximum atomic E-state index is 12.1. The Kier molecular flexibility index (Phi) is 5.74. The molecule has 0 spiro atoms. The number of aromatic nitrogens is 1. The van der Waals surface area contributed by atoms with Crippen LogP contribution < -0.4 is 0 Å². The summed E-state index contributed by atoms with van der Waals surface area (Å²) in [4.78, 5) is 16.5. The standard InChI is InChI=1S/C19H29NO4Si/c1-8-22-18(21)12-17(24-25(6,7)19(3,4)5)14-9-10-16-15(11-14)20-13(2)23-16/h9-11,17H,8,12H2,1-7H3/t17-/m0/s1. The molecule has 138 valence electrons. The van der Waals surface area contributed by atoms with Crippen LogP contribution in [0.3, 0.4) is 0 Å². The van der Waals surface area contributed by atoms with Crippen molar-refractivity contribution in [3.05, 3.63) is 29.7 Å². The number of esters is 1. The number of hydrogen-bond acceptors (Lipinski definition) is 5. The van der Waals surface area contributed by atoms with Crippen LogP contribution in [0.4, 0.5) is 0 Å². The van der Waals surface area contributed by atoms with E-state index < -0.39 is 8.32 Å². The fourth-order valence-electron chi connectivity index (χ4n) is 2.39. The lowest BCUT2D eigenvalue weighted by atomic mass is 10.1. The van der Waals surface area contributed by atoms with Crippen molar-refractivity contribution < 1.29 is 18.4 Å². The fourth-order valence-corrected chi connectivity index (χ4v) is 3.68. The van der Waals surface area contributed by atoms with E-state index in [0.29, 0.717) is 12.5 Å². The van der Waals surface area contributed by atoms with Gasteiger partial charge in [0, 0.05) is 6.92 Å². The average molecular weight is 364 g/mol. The zero-order valence-corrected chi connectivity index (χ0v) is 17.3. The quantitative estimate of drug-likeness (QED) is 0.524. The molecule has 0 saturated carbocycles. The van der Waals surface area contributed by atoms with Crippen LogP contribution in [0.5, 0.6) is 0 Å². The Morgan fingerprint density at radius 3 is 2.60 bits per heavy atom. The van der Waals surface area contributed by atoms with Gasteiger partial charge in [0.05, 0.1) is 19.1 Å². The van der Waals surface area contributed by atoms with E-state index in [9.17, 15) is 4.79 Å². The molecule has 1 aromatic carbocycles. The lowest BCUT2D eigenvalue weighted by Crippen LogP contribution is -2.42. The Morgan fingerprint density at radius 1 is 1.32 bits per heavy atom. The number of carbonyl (C=O) groups excluding carboxylic acids is 1. The first-order valence-corrected chi connectivity index (χ1v) is 11.6. The highest BCUT2D eigenvalue weighted by molar-refractivity contribution is 6.74. The van der Waals surface area contributed by atoms with Gasteiger partial charge in [-0.05, 0) is 42.8 Å². The Hall–Kier alpha value is -1.66. The summed E-state index contributed by atoms with van der Waals surface area (Å²) in [6.45, 7) is 14.9. The number of ether oxygens (including phenoxy) is 1. The molecule has 0 aliphatic rings. The van der Waals surface area contributed by atoms with Gasteiger partial charge in [-0.3, -0.25) is 4.79 Å². The van der Waals surface area contributed by atoms with Crippen molar-refractivity contribution in [3.8, 4) is 0 Å². The maximum absolute atomic E-state index is 12.1. The largest absolute Gasteiger partial charge is 0.466 e. The molecule has 1 aromatic heterocycles. The molecular weight excluding hydrogens is 334 g/mol. The predicted octanol–water partition coefficient (Wildman–Crippen LogP) is 5.15. The van der Waals surface area contributed by atoms with E-state index in [0.717, 1.165) is 16.7 Å². The highest BCUT2D eigenvalue weighted by atomic mass is 28.4. The zero-order valence-electron chi connectivity index (χ0n) is 16.3. The number of carbonyl (C=O) groups is 1. The molecule has 0 N–H and O–H groups in total. The number of rotatable bonds is 6. The average Bonchev–Trinajstić information content (AvgIpc) is 2.84. The van der Waals surface area contributed by atoms with Crippen molar-refractivity contribution in [2.75, 3.05) is 6.61 Å². The highest BCUT2D eigenvalue weighted by Crippen LogP contribution is 2.41. The first kappa shape index (κ1) is 19.7. The van der Waals surface area contributed by atoms with Gasteiger partial charge in [0.25, 0.3) is 0 Å². The number of fused-ring (bicyclic) bond motifs is 1. The molecule has 0 fully saturated rings. The molecule has 2 rings (SSSR count). The van der Waals surface area contributed by atoms with E-state index in [2.05, 4.69) is 38.8 Å². The van der Waals surface area contributed by atoms with E-state index >= 15 is 0 Å². The monoisotopic (exact) mass is 363 g/mol. The first-order valence-electron chi connectivity index (χ1n) is 8.74. The van der Waals surface area contributed by atoms with Crippen molar-refractivity contribution in [3.63, 3.8) is 0 Å². The van der Waals surface area contributed by atoms with Crippen LogP contribution in [-0.4, -0.2) is 25.9 Å². The van der Waals surface area contributed by atoms with Gasteiger partial charge < -0.3 is 13.6 Å². The van der Waals surface area contributed by atoms with Crippen molar-refractivity contribution in [1.82, 2.24) is 4.98 Å². The van der Waals surface area contributed by atoms with Crippen LogP contribution in [0.1, 0.15) is 51.7 Å². The van der Waals surface area contributed by atoms with Gasteiger partial charge in [0.15, 0.2) is 19.8 Å². The number of nitrogens with zero attached hydrogens (tertiary/aromatic N) is 1. The second-order valence-corrected chi connectivity index (χ2v) is 12.6. The summed E-state index contributed by atoms with van der Waals surface area (Å²) in [5.74, 6) is 0.377. The lowest BCUT2D eigenvalue weighted by Gasteiger charge is -2.39. The van der Waals surface area contributed by atoms with Gasteiger partial charge in [-0.15, -0.1) is 0 Å². The van der Waals surface area contributed by atoms with Crippen LogP contribution in [-0.2, 0) is 14.0 Å². The molecule has 1 atom stereocenters. The Bertz CT molecular complexity index is 745. The minimum Gasteiger partial charge on any atom is -0.466 e. The molecular formula is C19H29NO4Si. The normalized spacial score (nSPS) is 13.9. The van der Waals surface area contributed by atoms with Crippen LogP contribution >= 0.6 is 0 Å². The van der Waals surface area contributed by atoms with E-state index in [1.54, 1.807) is 0 Å². The van der Waals surface area contributed by atoms with E-state index in [4.69, 9.17) is 13.6 Å². The number of benzene rings is 1. The summed E-state index contributed by atoms with van der Waals surface area (Å²) in [5.41, 5.74) is 2.45. The van der Waals surface area contributed by atoms with Crippen molar-refractivity contribution in [1.29, 1.82) is 0 Å². The molecule has 5 nitrogen and oxygen atoms in total. The SMILES string of the molecule is CCOC(=O)C[C@H](O[Si](C)(C)C(C)(C)C)c1ccc2oc(C)nc2c1. The first-order chi connectivity index (χ1) is 11.5. The molecule has 0 aliphatic heterocycles. The minimum atomic E-state index is -2.05. The van der Waals surface area contributed by atoms with Crippen molar-refractivity contribution in [2.45, 2.75) is 65.3 Å². The van der Waals surface area contributed by atoms with Crippen LogP contribution in [0.15, 0.2) is 22.6 Å². The third-order valence-corrected chi connectivity index (χ3v) is 9.28. The maximum Gasteiger partial charge on any atom is 0.308 e. The van der Waals surface area contributed by atoms with E-state index in [1.807, 2.05) is 32.0 Å². The van der Waals surface area contributed by atoms with Gasteiger partial charge in [0.2, 0.25) is 0 Å². The molecule has 0 unspecified atom stereocenters. The Labute approximate surface area is 150 Å². The number of oxazole rings is 1. The molecule has 0 aliphatic carbocycles. The van der Waals surface area contributed by atoms with Gasteiger partial charge in [0.1, 0.15) is 5.52 Å². The zero-order chi connectivity index (χ0) is 18.8. The van der Waals surface area contributed by atoms with Gasteiger partial charge in [-0.1, -0.05) is 26.8 Å². The van der Waals surface area contributed by atoms with Gasteiger partial charge in [-0.25, -0.2) is 4.98 Å². The molecule has 2 aromatic rings.